The van der Waals surface area contributed by atoms with E-state index in [1.807, 2.05) is 23.8 Å². The van der Waals surface area contributed by atoms with Crippen LogP contribution >= 0.6 is 11.3 Å². The molecule has 0 saturated carbocycles. The van der Waals surface area contributed by atoms with E-state index in [0.29, 0.717) is 13.2 Å². The summed E-state index contributed by atoms with van der Waals surface area (Å²) in [6, 6.07) is 10.3. The third-order valence-corrected chi connectivity index (χ3v) is 5.53. The van der Waals surface area contributed by atoms with Crippen molar-refractivity contribution in [1.82, 2.24) is 9.62 Å². The number of rotatable bonds is 12. The summed E-state index contributed by atoms with van der Waals surface area (Å²) in [6.45, 7) is 4.72. The quantitative estimate of drug-likeness (QED) is 0.506. The molecule has 0 aliphatic heterocycles. The first kappa shape index (κ1) is 25.1. The Labute approximate surface area is 177 Å². The first-order chi connectivity index (χ1) is 13.4. The normalized spacial score (nSPS) is 11.1. The third kappa shape index (κ3) is 10.4. The second-order valence-corrected chi connectivity index (χ2v) is 9.16. The Morgan fingerprint density at radius 1 is 1.14 bits per heavy atom. The number of hydrogen-bond acceptors (Lipinski definition) is 6. The van der Waals surface area contributed by atoms with E-state index in [0.717, 1.165) is 37.9 Å². The topological polar surface area (TPSA) is 107 Å². The summed E-state index contributed by atoms with van der Waals surface area (Å²) in [5.74, 6) is 0.379. The fourth-order valence-electron chi connectivity index (χ4n) is 2.76. The van der Waals surface area contributed by atoms with E-state index in [4.69, 9.17) is 4.74 Å². The summed E-state index contributed by atoms with van der Waals surface area (Å²) in [5, 5.41) is 4.25. The molecule has 0 aliphatic carbocycles. The summed E-state index contributed by atoms with van der Waals surface area (Å²) in [4.78, 5) is 13.7. The van der Waals surface area contributed by atoms with Crippen LogP contribution in [0.2, 0.25) is 0 Å². The van der Waals surface area contributed by atoms with Gasteiger partial charge in [-0.15, -0.1) is 0 Å². The van der Waals surface area contributed by atoms with Gasteiger partial charge in [0.15, 0.2) is 0 Å². The number of thiophene rings is 1. The molecule has 3 N–H and O–H groups in total. The number of hydrogen-bond donors (Lipinski definition) is 1. The van der Waals surface area contributed by atoms with Crippen LogP contribution in [0.25, 0.3) is 0 Å². The van der Waals surface area contributed by atoms with Gasteiger partial charge in [-0.1, -0.05) is 19.1 Å². The molecule has 0 fully saturated rings. The van der Waals surface area contributed by atoms with Crippen molar-refractivity contribution in [2.45, 2.75) is 26.2 Å². The van der Waals surface area contributed by atoms with Crippen LogP contribution in [0, 0.1) is 0 Å². The molecule has 0 atom stereocenters. The zero-order valence-electron chi connectivity index (χ0n) is 16.9. The van der Waals surface area contributed by atoms with Gasteiger partial charge in [0.1, 0.15) is 5.75 Å². The second kappa shape index (κ2) is 12.6. The standard InChI is InChI=1S/C20H28N2O4S2.H2O/c1-3-22(12-9-20(23)21-28(2,24)25)11-4-13-26-19-7-5-17(6-8-19)15-18-10-14-27-16-18;/h5-8,10,14,16H,3-4,9,11-13,15H2,1-2H3,(H,21,23);1H2. The molecule has 0 radical (unpaired) electrons. The number of sulfonamides is 1. The minimum atomic E-state index is -3.49. The average Bonchev–Trinajstić information content (AvgIpc) is 3.14. The molecule has 29 heavy (non-hydrogen) atoms. The molecular weight excluding hydrogens is 412 g/mol. The van der Waals surface area contributed by atoms with Crippen LogP contribution < -0.4 is 9.46 Å². The van der Waals surface area contributed by atoms with E-state index in [9.17, 15) is 13.2 Å². The smallest absolute Gasteiger partial charge is 0.234 e. The molecule has 0 spiro atoms. The Morgan fingerprint density at radius 2 is 1.86 bits per heavy atom. The molecule has 0 aliphatic rings. The monoisotopic (exact) mass is 442 g/mol. The SMILES string of the molecule is CCN(CCCOc1ccc(Cc2ccsc2)cc1)CCC(=O)NS(C)(=O)=O.O. The second-order valence-electron chi connectivity index (χ2n) is 6.64. The average molecular weight is 443 g/mol. The highest BCUT2D eigenvalue weighted by Crippen LogP contribution is 2.17. The van der Waals surface area contributed by atoms with Crippen molar-refractivity contribution < 1.29 is 23.4 Å². The van der Waals surface area contributed by atoms with Crippen LogP contribution in [0.4, 0.5) is 0 Å². The third-order valence-electron chi connectivity index (χ3n) is 4.20. The molecule has 1 amide bonds. The molecular formula is C20H30N2O5S2. The van der Waals surface area contributed by atoms with Gasteiger partial charge < -0.3 is 15.1 Å². The number of benzene rings is 1. The van der Waals surface area contributed by atoms with Gasteiger partial charge in [0, 0.05) is 19.5 Å². The van der Waals surface area contributed by atoms with Gasteiger partial charge in [-0.3, -0.25) is 9.52 Å². The van der Waals surface area contributed by atoms with Crippen LogP contribution in [-0.4, -0.2) is 57.2 Å². The zero-order chi connectivity index (χ0) is 20.4. The van der Waals surface area contributed by atoms with Crippen LogP contribution in [-0.2, 0) is 21.2 Å². The predicted octanol–water partition coefficient (Wildman–Crippen LogP) is 2.07. The van der Waals surface area contributed by atoms with E-state index < -0.39 is 15.9 Å². The van der Waals surface area contributed by atoms with E-state index in [1.54, 1.807) is 11.3 Å². The summed E-state index contributed by atoms with van der Waals surface area (Å²) >= 11 is 1.71. The first-order valence-corrected chi connectivity index (χ1v) is 12.1. The Kier molecular flexibility index (Phi) is 10.9. The molecule has 0 saturated heterocycles. The molecule has 9 heteroatoms. The van der Waals surface area contributed by atoms with Crippen LogP contribution in [0.15, 0.2) is 41.1 Å². The van der Waals surface area contributed by atoms with E-state index in [1.165, 1.54) is 11.1 Å². The summed E-state index contributed by atoms with van der Waals surface area (Å²) < 4.78 is 29.9. The Bertz CT molecular complexity index is 821. The molecule has 1 aromatic heterocycles. The Morgan fingerprint density at radius 3 is 2.45 bits per heavy atom. The van der Waals surface area contributed by atoms with Gasteiger partial charge >= 0.3 is 0 Å². The van der Waals surface area contributed by atoms with Gasteiger partial charge in [-0.2, -0.15) is 11.3 Å². The lowest BCUT2D eigenvalue weighted by molar-refractivity contribution is -0.119. The predicted molar refractivity (Wildman–Crippen MR) is 117 cm³/mol. The fourth-order valence-corrected chi connectivity index (χ4v) is 3.94. The molecule has 0 bridgehead atoms. The van der Waals surface area contributed by atoms with Crippen molar-refractivity contribution in [1.29, 1.82) is 0 Å². The fraction of sp³-hybridized carbons (Fsp3) is 0.450. The Hall–Kier alpha value is -1.94. The van der Waals surface area contributed by atoms with Crippen LogP contribution in [0.3, 0.4) is 0 Å². The molecule has 2 aromatic rings. The van der Waals surface area contributed by atoms with Crippen molar-refractivity contribution in [3.8, 4) is 5.75 Å². The molecule has 1 aromatic carbocycles. The summed E-state index contributed by atoms with van der Waals surface area (Å²) in [6.07, 6.45) is 2.90. The maximum absolute atomic E-state index is 11.6. The highest BCUT2D eigenvalue weighted by Gasteiger charge is 2.10. The van der Waals surface area contributed by atoms with Crippen molar-refractivity contribution in [3.63, 3.8) is 0 Å². The highest BCUT2D eigenvalue weighted by atomic mass is 32.2. The van der Waals surface area contributed by atoms with Crippen molar-refractivity contribution in [3.05, 3.63) is 52.2 Å². The van der Waals surface area contributed by atoms with Gasteiger partial charge in [-0.05, 0) is 59.5 Å². The van der Waals surface area contributed by atoms with Crippen LogP contribution in [0.5, 0.6) is 5.75 Å². The number of amides is 1. The number of carbonyl (C=O) groups excluding carboxylic acids is 1. The van der Waals surface area contributed by atoms with Gasteiger partial charge in [0.2, 0.25) is 15.9 Å². The maximum atomic E-state index is 11.6. The molecule has 7 nitrogen and oxygen atoms in total. The highest BCUT2D eigenvalue weighted by molar-refractivity contribution is 7.89. The van der Waals surface area contributed by atoms with Gasteiger partial charge in [0.25, 0.3) is 0 Å². The molecule has 1 heterocycles. The van der Waals surface area contributed by atoms with Gasteiger partial charge in [0.05, 0.1) is 12.9 Å². The lowest BCUT2D eigenvalue weighted by Crippen LogP contribution is -2.34. The Balaban J connectivity index is 0.00000420. The largest absolute Gasteiger partial charge is 0.494 e. The van der Waals surface area contributed by atoms with Crippen LogP contribution in [0.1, 0.15) is 30.9 Å². The lowest BCUT2D eigenvalue weighted by atomic mass is 10.1. The molecule has 162 valence electrons. The summed E-state index contributed by atoms with van der Waals surface area (Å²) in [5.41, 5.74) is 2.58. The van der Waals surface area contributed by atoms with Crippen molar-refractivity contribution >= 4 is 27.3 Å². The molecule has 0 unspecified atom stereocenters. The first-order valence-electron chi connectivity index (χ1n) is 9.31. The zero-order valence-corrected chi connectivity index (χ0v) is 18.5. The van der Waals surface area contributed by atoms with E-state index in [-0.39, 0.29) is 11.9 Å². The summed E-state index contributed by atoms with van der Waals surface area (Å²) in [7, 11) is -3.49. The maximum Gasteiger partial charge on any atom is 0.234 e. The minimum Gasteiger partial charge on any atom is -0.494 e. The number of nitrogens with one attached hydrogen (secondary N) is 1. The van der Waals surface area contributed by atoms with Crippen molar-refractivity contribution in [2.75, 3.05) is 32.5 Å². The minimum absolute atomic E-state index is 0. The molecule has 2 rings (SSSR count). The van der Waals surface area contributed by atoms with E-state index >= 15 is 0 Å². The number of nitrogens with zero attached hydrogens (tertiary/aromatic N) is 1. The lowest BCUT2D eigenvalue weighted by Gasteiger charge is -2.20. The number of carbonyl (C=O) groups is 1. The van der Waals surface area contributed by atoms with Gasteiger partial charge in [-0.25, -0.2) is 8.42 Å². The van der Waals surface area contributed by atoms with Crippen molar-refractivity contribution in [2.24, 2.45) is 0 Å². The number of ether oxygens (including phenoxy) is 1. The van der Waals surface area contributed by atoms with E-state index in [2.05, 4.69) is 33.9 Å².